The van der Waals surface area contributed by atoms with E-state index in [1.165, 1.54) is 24.3 Å². The molecule has 0 unspecified atom stereocenters. The quantitative estimate of drug-likeness (QED) is 0.310. The summed E-state index contributed by atoms with van der Waals surface area (Å²) in [7, 11) is 0. The largest absolute Gasteiger partial charge is 0.425 e. The molecule has 1 aromatic heterocycles. The molecule has 3 aromatic carbocycles. The number of hydrogen-bond donors (Lipinski definition) is 0. The molecule has 6 heteroatoms. The van der Waals surface area contributed by atoms with E-state index in [9.17, 15) is 18.0 Å². The standard InChI is InChI=1S/C25H17F3O2S/c1-16(29)30-24-21-14-19(25(26,27)28)12-13-22(21)31-23(24)15-20(17-8-4-2-5-9-17)18-10-6-3-7-11-18/h2-15H,1H3. The van der Waals surface area contributed by atoms with Crippen LogP contribution in [0.1, 0.15) is 28.5 Å². The summed E-state index contributed by atoms with van der Waals surface area (Å²) in [6.45, 7) is 1.24. The molecule has 2 nitrogen and oxygen atoms in total. The number of esters is 1. The summed E-state index contributed by atoms with van der Waals surface area (Å²) in [5.74, 6) is -0.448. The van der Waals surface area contributed by atoms with Gasteiger partial charge in [-0.2, -0.15) is 13.2 Å². The summed E-state index contributed by atoms with van der Waals surface area (Å²) in [6.07, 6.45) is -2.63. The highest BCUT2D eigenvalue weighted by atomic mass is 32.1. The molecule has 31 heavy (non-hydrogen) atoms. The lowest BCUT2D eigenvalue weighted by Gasteiger charge is -2.09. The third-order valence-corrected chi connectivity index (χ3v) is 5.79. The Morgan fingerprint density at radius 2 is 1.48 bits per heavy atom. The zero-order valence-electron chi connectivity index (χ0n) is 16.4. The van der Waals surface area contributed by atoms with Crippen LogP contribution >= 0.6 is 11.3 Å². The van der Waals surface area contributed by atoms with Gasteiger partial charge in [0.1, 0.15) is 0 Å². The van der Waals surface area contributed by atoms with Crippen LogP contribution in [0, 0.1) is 0 Å². The smallest absolute Gasteiger partial charge is 0.416 e. The summed E-state index contributed by atoms with van der Waals surface area (Å²) >= 11 is 1.28. The second-order valence-corrected chi connectivity index (χ2v) is 7.97. The molecule has 0 saturated heterocycles. The van der Waals surface area contributed by atoms with Crippen molar-refractivity contribution in [1.82, 2.24) is 0 Å². The maximum Gasteiger partial charge on any atom is 0.416 e. The van der Waals surface area contributed by atoms with E-state index in [2.05, 4.69) is 0 Å². The number of thiophene rings is 1. The molecule has 0 aliphatic carbocycles. The highest BCUT2D eigenvalue weighted by Crippen LogP contribution is 2.43. The summed E-state index contributed by atoms with van der Waals surface area (Å²) < 4.78 is 45.8. The number of halogens is 3. The monoisotopic (exact) mass is 438 g/mol. The van der Waals surface area contributed by atoms with Crippen LogP contribution in [-0.4, -0.2) is 5.97 Å². The molecule has 4 aromatic rings. The molecule has 0 saturated carbocycles. The molecular formula is C25H17F3O2S. The Balaban J connectivity index is 1.96. The number of alkyl halides is 3. The first-order valence-electron chi connectivity index (χ1n) is 9.47. The number of benzene rings is 3. The minimum atomic E-state index is -4.49. The van der Waals surface area contributed by atoms with Gasteiger partial charge in [0.15, 0.2) is 5.75 Å². The second kappa shape index (κ2) is 8.40. The molecular weight excluding hydrogens is 421 g/mol. The Morgan fingerprint density at radius 3 is 2.00 bits per heavy atom. The predicted octanol–water partition coefficient (Wildman–Crippen LogP) is 7.43. The first kappa shape index (κ1) is 20.9. The van der Waals surface area contributed by atoms with Gasteiger partial charge < -0.3 is 4.74 Å². The zero-order chi connectivity index (χ0) is 22.0. The van der Waals surface area contributed by atoms with Gasteiger partial charge >= 0.3 is 12.1 Å². The lowest BCUT2D eigenvalue weighted by Crippen LogP contribution is -2.05. The van der Waals surface area contributed by atoms with Gasteiger partial charge in [-0.15, -0.1) is 11.3 Å². The molecule has 0 radical (unpaired) electrons. The number of fused-ring (bicyclic) bond motifs is 1. The zero-order valence-corrected chi connectivity index (χ0v) is 17.3. The summed E-state index contributed by atoms with van der Waals surface area (Å²) in [5, 5.41) is 0.266. The first-order valence-corrected chi connectivity index (χ1v) is 10.3. The van der Waals surface area contributed by atoms with E-state index in [1.807, 2.05) is 66.7 Å². The van der Waals surface area contributed by atoms with Crippen LogP contribution in [0.4, 0.5) is 13.2 Å². The van der Waals surface area contributed by atoms with Gasteiger partial charge in [0, 0.05) is 17.0 Å². The van der Waals surface area contributed by atoms with Crippen LogP contribution in [0.15, 0.2) is 78.9 Å². The van der Waals surface area contributed by atoms with E-state index in [0.29, 0.717) is 9.58 Å². The predicted molar refractivity (Wildman–Crippen MR) is 118 cm³/mol. The lowest BCUT2D eigenvalue weighted by atomic mass is 9.97. The van der Waals surface area contributed by atoms with Gasteiger partial charge in [-0.1, -0.05) is 60.7 Å². The van der Waals surface area contributed by atoms with Gasteiger partial charge in [-0.25, -0.2) is 0 Å². The average Bonchev–Trinajstić information content (AvgIpc) is 3.08. The van der Waals surface area contributed by atoms with Crippen molar-refractivity contribution < 1.29 is 22.7 Å². The number of carbonyl (C=O) groups excluding carboxylic acids is 1. The van der Waals surface area contributed by atoms with E-state index < -0.39 is 17.7 Å². The fourth-order valence-electron chi connectivity index (χ4n) is 3.31. The fourth-order valence-corrected chi connectivity index (χ4v) is 4.37. The van der Waals surface area contributed by atoms with Crippen molar-refractivity contribution in [3.05, 3.63) is 100 Å². The normalized spacial score (nSPS) is 11.4. The van der Waals surface area contributed by atoms with Crippen molar-refractivity contribution in [2.24, 2.45) is 0 Å². The maximum absolute atomic E-state index is 13.3. The minimum Gasteiger partial charge on any atom is -0.425 e. The summed E-state index contributed by atoms with van der Waals surface area (Å²) in [6, 6.07) is 22.8. The van der Waals surface area contributed by atoms with Crippen LogP contribution in [-0.2, 0) is 11.0 Å². The minimum absolute atomic E-state index is 0.142. The second-order valence-electron chi connectivity index (χ2n) is 6.89. The fraction of sp³-hybridized carbons (Fsp3) is 0.0800. The van der Waals surface area contributed by atoms with Crippen molar-refractivity contribution in [2.75, 3.05) is 0 Å². The number of ether oxygens (including phenoxy) is 1. The molecule has 0 atom stereocenters. The van der Waals surface area contributed by atoms with Crippen molar-refractivity contribution in [1.29, 1.82) is 0 Å². The SMILES string of the molecule is CC(=O)Oc1c(C=C(c2ccccc2)c2ccccc2)sc2ccc(C(F)(F)F)cc12. The molecule has 0 bridgehead atoms. The molecule has 4 rings (SSSR count). The van der Waals surface area contributed by atoms with Crippen LogP contribution in [0.2, 0.25) is 0 Å². The number of rotatable bonds is 4. The van der Waals surface area contributed by atoms with Crippen molar-refractivity contribution in [2.45, 2.75) is 13.1 Å². The van der Waals surface area contributed by atoms with E-state index >= 15 is 0 Å². The molecule has 0 aliphatic heterocycles. The number of carbonyl (C=O) groups is 1. The summed E-state index contributed by atoms with van der Waals surface area (Å²) in [5.41, 5.74) is 1.97. The average molecular weight is 438 g/mol. The van der Waals surface area contributed by atoms with E-state index in [0.717, 1.165) is 28.8 Å². The van der Waals surface area contributed by atoms with Crippen molar-refractivity contribution in [3.63, 3.8) is 0 Å². The Bertz CT molecular complexity index is 1220. The third-order valence-electron chi connectivity index (χ3n) is 4.69. The van der Waals surface area contributed by atoms with Crippen LogP contribution < -0.4 is 4.74 Å². The van der Waals surface area contributed by atoms with Crippen LogP contribution in [0.5, 0.6) is 5.75 Å². The Labute approximate surface area is 181 Å². The maximum atomic E-state index is 13.3. The molecule has 0 aliphatic rings. The van der Waals surface area contributed by atoms with Crippen molar-refractivity contribution >= 4 is 39.0 Å². The van der Waals surface area contributed by atoms with Gasteiger partial charge in [-0.05, 0) is 41.0 Å². The Morgan fingerprint density at radius 1 is 0.903 bits per heavy atom. The van der Waals surface area contributed by atoms with Gasteiger partial charge in [-0.3, -0.25) is 4.79 Å². The molecule has 156 valence electrons. The first-order chi connectivity index (χ1) is 14.8. The van der Waals surface area contributed by atoms with Gasteiger partial charge in [0.25, 0.3) is 0 Å². The Hall–Kier alpha value is -3.38. The van der Waals surface area contributed by atoms with Gasteiger partial charge in [0.2, 0.25) is 0 Å². The third kappa shape index (κ3) is 4.54. The Kier molecular flexibility index (Phi) is 5.65. The summed E-state index contributed by atoms with van der Waals surface area (Å²) in [4.78, 5) is 12.3. The van der Waals surface area contributed by atoms with E-state index in [4.69, 9.17) is 4.74 Å². The van der Waals surface area contributed by atoms with E-state index in [-0.39, 0.29) is 11.1 Å². The topological polar surface area (TPSA) is 26.3 Å². The lowest BCUT2D eigenvalue weighted by molar-refractivity contribution is -0.137. The highest BCUT2D eigenvalue weighted by molar-refractivity contribution is 7.20. The molecule has 0 fully saturated rings. The molecule has 0 N–H and O–H groups in total. The van der Waals surface area contributed by atoms with Crippen LogP contribution in [0.3, 0.4) is 0 Å². The van der Waals surface area contributed by atoms with E-state index in [1.54, 1.807) is 0 Å². The van der Waals surface area contributed by atoms with Crippen LogP contribution in [0.25, 0.3) is 21.7 Å². The van der Waals surface area contributed by atoms with Gasteiger partial charge in [0.05, 0.1) is 10.4 Å². The molecule has 0 spiro atoms. The molecule has 1 heterocycles. The molecule has 0 amide bonds. The number of hydrogen-bond acceptors (Lipinski definition) is 3. The highest BCUT2D eigenvalue weighted by Gasteiger charge is 2.31. The van der Waals surface area contributed by atoms with Crippen molar-refractivity contribution in [3.8, 4) is 5.75 Å².